The van der Waals surface area contributed by atoms with Crippen LogP contribution in [0.2, 0.25) is 0 Å². The van der Waals surface area contributed by atoms with Gasteiger partial charge in [-0.1, -0.05) is 17.4 Å². The van der Waals surface area contributed by atoms with Crippen LogP contribution in [0.1, 0.15) is 18.2 Å². The number of ether oxygens (including phenoxy) is 1. The summed E-state index contributed by atoms with van der Waals surface area (Å²) in [7, 11) is 0. The number of hydrogen-bond donors (Lipinski definition) is 1. The van der Waals surface area contributed by atoms with Gasteiger partial charge in [-0.05, 0) is 38.1 Å². The van der Waals surface area contributed by atoms with E-state index in [0.29, 0.717) is 29.0 Å². The molecule has 4 aromatic rings. The molecule has 1 N–H and O–H groups in total. The number of aromatic nitrogens is 4. The average Bonchev–Trinajstić information content (AvgIpc) is 3.32. The van der Waals surface area contributed by atoms with Crippen molar-refractivity contribution >= 4 is 16.5 Å². The highest BCUT2D eigenvalue weighted by molar-refractivity contribution is 7.17. The lowest BCUT2D eigenvalue weighted by Gasteiger charge is -2.43. The minimum Gasteiger partial charge on any atom is -0.442 e. The lowest BCUT2D eigenvalue weighted by Crippen LogP contribution is -2.60. The Balaban J connectivity index is 1.35. The molecule has 0 unspecified atom stereocenters. The van der Waals surface area contributed by atoms with E-state index in [1.54, 1.807) is 13.8 Å². The maximum absolute atomic E-state index is 14.9. The van der Waals surface area contributed by atoms with E-state index >= 15 is 0 Å². The first kappa shape index (κ1) is 23.1. The molecule has 1 aliphatic heterocycles. The van der Waals surface area contributed by atoms with E-state index in [-0.39, 0.29) is 23.5 Å². The van der Waals surface area contributed by atoms with Crippen LogP contribution in [0.4, 0.5) is 18.3 Å². The van der Waals surface area contributed by atoms with Crippen LogP contribution >= 0.6 is 11.3 Å². The summed E-state index contributed by atoms with van der Waals surface area (Å²) in [6.45, 7) is 4.02. The van der Waals surface area contributed by atoms with E-state index in [2.05, 4.69) is 10.1 Å². The second kappa shape index (κ2) is 8.54. The average molecular weight is 504 g/mol. The fourth-order valence-electron chi connectivity index (χ4n) is 3.79. The van der Waals surface area contributed by atoms with E-state index < -0.39 is 28.7 Å². The smallest absolute Gasteiger partial charge is 0.350 e. The molecule has 12 heteroatoms. The van der Waals surface area contributed by atoms with Gasteiger partial charge >= 0.3 is 5.69 Å². The molecule has 0 saturated carbocycles. The Hall–Kier alpha value is -3.64. The zero-order valence-electron chi connectivity index (χ0n) is 18.7. The standard InChI is InChI=1S/C23H20F3N5O3S/c1-13-20(35-21(28-13)30-10-23(2,33)11-30)34-19-7-6-14(8-18(19)26)31-22(32)29(12-27-31)9-15-16(24)4-3-5-17(15)25/h3-8,12,33H,9-11H2,1-2H3. The van der Waals surface area contributed by atoms with Gasteiger partial charge in [0.1, 0.15) is 18.0 Å². The molecule has 2 aromatic carbocycles. The number of rotatable bonds is 6. The lowest BCUT2D eigenvalue weighted by atomic mass is 9.98. The first-order valence-electron chi connectivity index (χ1n) is 10.6. The molecule has 0 atom stereocenters. The first-order chi connectivity index (χ1) is 16.6. The van der Waals surface area contributed by atoms with Crippen LogP contribution in [0.5, 0.6) is 10.8 Å². The Morgan fingerprint density at radius 2 is 1.86 bits per heavy atom. The van der Waals surface area contributed by atoms with E-state index in [0.717, 1.165) is 33.8 Å². The zero-order valence-corrected chi connectivity index (χ0v) is 19.5. The molecule has 3 heterocycles. The molecule has 0 amide bonds. The van der Waals surface area contributed by atoms with E-state index in [1.807, 2.05) is 4.90 Å². The number of nitrogens with zero attached hydrogens (tertiary/aromatic N) is 5. The molecule has 0 spiro atoms. The molecule has 0 aliphatic carbocycles. The number of benzene rings is 2. The maximum atomic E-state index is 14.9. The molecule has 1 fully saturated rings. The molecule has 5 rings (SSSR count). The quantitative estimate of drug-likeness (QED) is 0.433. The summed E-state index contributed by atoms with van der Waals surface area (Å²) in [4.78, 5) is 19.0. The van der Waals surface area contributed by atoms with E-state index in [4.69, 9.17) is 4.74 Å². The molecule has 35 heavy (non-hydrogen) atoms. The van der Waals surface area contributed by atoms with E-state index in [1.165, 1.54) is 29.5 Å². The van der Waals surface area contributed by atoms with Crippen molar-refractivity contribution in [3.63, 3.8) is 0 Å². The SMILES string of the molecule is Cc1nc(N2CC(C)(O)C2)sc1Oc1ccc(-n2ncn(Cc3c(F)cccc3F)c2=O)cc1F. The largest absolute Gasteiger partial charge is 0.442 e. The summed E-state index contributed by atoms with van der Waals surface area (Å²) in [5, 5.41) is 14.9. The normalized spacial score (nSPS) is 14.7. The highest BCUT2D eigenvalue weighted by atomic mass is 32.1. The van der Waals surface area contributed by atoms with E-state index in [9.17, 15) is 23.1 Å². The second-order valence-corrected chi connectivity index (χ2v) is 9.53. The third kappa shape index (κ3) is 4.42. The van der Waals surface area contributed by atoms with Crippen molar-refractivity contribution in [2.75, 3.05) is 18.0 Å². The Morgan fingerprint density at radius 3 is 2.51 bits per heavy atom. The topological polar surface area (TPSA) is 85.4 Å². The highest BCUT2D eigenvalue weighted by Gasteiger charge is 2.38. The van der Waals surface area contributed by atoms with Crippen molar-refractivity contribution in [3.8, 4) is 16.5 Å². The van der Waals surface area contributed by atoms with Gasteiger partial charge in [0.2, 0.25) is 5.06 Å². The number of halogens is 3. The van der Waals surface area contributed by atoms with Gasteiger partial charge < -0.3 is 14.7 Å². The summed E-state index contributed by atoms with van der Waals surface area (Å²) in [6, 6.07) is 7.33. The van der Waals surface area contributed by atoms with Crippen LogP contribution in [-0.4, -0.2) is 43.1 Å². The van der Waals surface area contributed by atoms with Gasteiger partial charge in [-0.15, -0.1) is 0 Å². The maximum Gasteiger partial charge on any atom is 0.350 e. The number of β-amino-alcohol motifs (C(OH)–C–C–N with tert-alkyl or cyclic N) is 1. The molecule has 2 aromatic heterocycles. The third-order valence-electron chi connectivity index (χ3n) is 5.56. The fourth-order valence-corrected chi connectivity index (χ4v) is 4.72. The Kier molecular flexibility index (Phi) is 5.64. The Morgan fingerprint density at radius 1 is 1.14 bits per heavy atom. The lowest BCUT2D eigenvalue weighted by molar-refractivity contribution is 0.0310. The third-order valence-corrected chi connectivity index (χ3v) is 6.66. The predicted octanol–water partition coefficient (Wildman–Crippen LogP) is 3.63. The summed E-state index contributed by atoms with van der Waals surface area (Å²) < 4.78 is 50.4. The Labute approximate surface area is 201 Å². The number of anilines is 1. The van der Waals surface area contributed by atoms with Crippen molar-refractivity contribution in [2.45, 2.75) is 26.0 Å². The summed E-state index contributed by atoms with van der Waals surface area (Å²) in [6.07, 6.45) is 1.13. The van der Waals surface area contributed by atoms with Crippen molar-refractivity contribution in [1.82, 2.24) is 19.3 Å². The monoisotopic (exact) mass is 503 g/mol. The van der Waals surface area contributed by atoms with Crippen LogP contribution < -0.4 is 15.3 Å². The zero-order chi connectivity index (χ0) is 24.9. The molecular weight excluding hydrogens is 483 g/mol. The Bertz CT molecular complexity index is 1450. The minimum atomic E-state index is -0.779. The minimum absolute atomic E-state index is 0.0661. The van der Waals surface area contributed by atoms with Crippen molar-refractivity contribution in [3.05, 3.63) is 81.9 Å². The number of thiazole rings is 1. The van der Waals surface area contributed by atoms with Gasteiger partial charge in [0.15, 0.2) is 16.7 Å². The van der Waals surface area contributed by atoms with Gasteiger partial charge in [-0.3, -0.25) is 4.57 Å². The fraction of sp³-hybridized carbons (Fsp3) is 0.261. The number of aliphatic hydroxyl groups is 1. The second-order valence-electron chi connectivity index (χ2n) is 8.59. The van der Waals surface area contributed by atoms with Crippen LogP contribution in [0, 0.1) is 24.4 Å². The van der Waals surface area contributed by atoms with Gasteiger partial charge in [0.05, 0.1) is 36.6 Å². The van der Waals surface area contributed by atoms with Gasteiger partial charge in [0, 0.05) is 11.6 Å². The summed E-state index contributed by atoms with van der Waals surface area (Å²) in [5.74, 6) is -2.36. The van der Waals surface area contributed by atoms with Gasteiger partial charge in [-0.25, -0.2) is 22.9 Å². The number of hydrogen-bond acceptors (Lipinski definition) is 7. The molecule has 1 aliphatic rings. The predicted molar refractivity (Wildman–Crippen MR) is 123 cm³/mol. The van der Waals surface area contributed by atoms with Gasteiger partial charge in [0.25, 0.3) is 0 Å². The molecule has 0 radical (unpaired) electrons. The van der Waals surface area contributed by atoms with Crippen LogP contribution in [0.25, 0.3) is 5.69 Å². The van der Waals surface area contributed by atoms with Crippen LogP contribution in [0.3, 0.4) is 0 Å². The molecule has 8 nitrogen and oxygen atoms in total. The highest BCUT2D eigenvalue weighted by Crippen LogP contribution is 2.39. The van der Waals surface area contributed by atoms with Gasteiger partial charge in [-0.2, -0.15) is 9.78 Å². The molecule has 1 saturated heterocycles. The molecular formula is C23H20F3N5O3S. The number of aryl methyl sites for hydroxylation is 1. The van der Waals surface area contributed by atoms with Crippen molar-refractivity contribution in [2.24, 2.45) is 0 Å². The summed E-state index contributed by atoms with van der Waals surface area (Å²) >= 11 is 1.24. The molecule has 0 bridgehead atoms. The summed E-state index contributed by atoms with van der Waals surface area (Å²) in [5.41, 5.74) is -1.01. The first-order valence-corrected chi connectivity index (χ1v) is 11.4. The molecule has 182 valence electrons. The van der Waals surface area contributed by atoms with Crippen molar-refractivity contribution < 1.29 is 23.0 Å². The van der Waals surface area contributed by atoms with Crippen LogP contribution in [-0.2, 0) is 6.54 Å². The van der Waals surface area contributed by atoms with Crippen molar-refractivity contribution in [1.29, 1.82) is 0 Å². The van der Waals surface area contributed by atoms with Crippen LogP contribution in [0.15, 0.2) is 47.5 Å².